The maximum absolute atomic E-state index is 6.70. The van der Waals surface area contributed by atoms with E-state index in [0.29, 0.717) is 0 Å². The Morgan fingerprint density at radius 3 is 1.82 bits per heavy atom. The second-order valence-electron chi connectivity index (χ2n) is 12.7. The van der Waals surface area contributed by atoms with Crippen LogP contribution in [0.3, 0.4) is 0 Å². The lowest BCUT2D eigenvalue weighted by molar-refractivity contribution is 0.480. The van der Waals surface area contributed by atoms with Gasteiger partial charge in [0.05, 0.1) is 29.1 Å². The van der Waals surface area contributed by atoms with Gasteiger partial charge in [-0.25, -0.2) is 0 Å². The Kier molecular flexibility index (Phi) is 7.67. The molecule has 1 aliphatic heterocycles. The van der Waals surface area contributed by atoms with Crippen LogP contribution in [0.25, 0.3) is 49.9 Å². The molecule has 0 spiro atoms. The van der Waals surface area contributed by atoms with Crippen molar-refractivity contribution in [1.82, 2.24) is 14.5 Å². The smallest absolute Gasteiger partial charge is 0.131 e. The van der Waals surface area contributed by atoms with Gasteiger partial charge in [0.25, 0.3) is 0 Å². The van der Waals surface area contributed by atoms with Crippen LogP contribution in [0.2, 0.25) is 0 Å². The minimum atomic E-state index is 0.734. The molecule has 6 heteroatoms. The van der Waals surface area contributed by atoms with E-state index in [2.05, 4.69) is 131 Å². The van der Waals surface area contributed by atoms with Crippen molar-refractivity contribution in [1.29, 1.82) is 0 Å². The Morgan fingerprint density at radius 2 is 1.10 bits per heavy atom. The van der Waals surface area contributed by atoms with Crippen LogP contribution in [0.1, 0.15) is 0 Å². The van der Waals surface area contributed by atoms with Gasteiger partial charge in [-0.3, -0.25) is 4.98 Å². The van der Waals surface area contributed by atoms with Crippen molar-refractivity contribution in [2.45, 2.75) is 0 Å². The number of anilines is 1. The monoisotopic (exact) mass is 662 g/mol. The molecule has 0 fully saturated rings. The first-order valence-corrected chi connectivity index (χ1v) is 17.0. The van der Waals surface area contributed by atoms with E-state index >= 15 is 0 Å². The quantitative estimate of drug-likeness (QED) is 0.162. The fourth-order valence-electron chi connectivity index (χ4n) is 6.81. The number of aromatic nitrogens is 2. The van der Waals surface area contributed by atoms with Crippen LogP contribution in [-0.2, 0) is 0 Å². The van der Waals surface area contributed by atoms with Gasteiger partial charge in [0.1, 0.15) is 23.0 Å². The van der Waals surface area contributed by atoms with E-state index in [1.54, 1.807) is 0 Å². The van der Waals surface area contributed by atoms with E-state index in [1.807, 2.05) is 66.9 Å². The molecule has 0 saturated carbocycles. The van der Waals surface area contributed by atoms with Gasteiger partial charge >= 0.3 is 0 Å². The fraction of sp³-hybridized carbons (Fsp3) is 0.0444. The summed E-state index contributed by atoms with van der Waals surface area (Å²) in [6.45, 7) is 0.759. The first-order chi connectivity index (χ1) is 25.1. The maximum atomic E-state index is 6.70. The van der Waals surface area contributed by atoms with Crippen molar-refractivity contribution < 1.29 is 9.47 Å². The van der Waals surface area contributed by atoms with Crippen LogP contribution in [0.5, 0.6) is 23.0 Å². The fourth-order valence-corrected chi connectivity index (χ4v) is 6.81. The van der Waals surface area contributed by atoms with Gasteiger partial charge in [0, 0.05) is 59.8 Å². The lowest BCUT2D eigenvalue weighted by atomic mass is 10.0. The molecule has 0 atom stereocenters. The number of para-hydroxylation sites is 3. The molecule has 246 valence electrons. The summed E-state index contributed by atoms with van der Waals surface area (Å²) < 4.78 is 15.1. The average molecular weight is 663 g/mol. The summed E-state index contributed by atoms with van der Waals surface area (Å²) in [5.74, 6) is 3.07. The van der Waals surface area contributed by atoms with Gasteiger partial charge in [-0.1, -0.05) is 78.9 Å². The zero-order chi connectivity index (χ0) is 34.1. The van der Waals surface area contributed by atoms with E-state index in [-0.39, 0.29) is 0 Å². The van der Waals surface area contributed by atoms with Crippen molar-refractivity contribution in [3.05, 3.63) is 176 Å². The van der Waals surface area contributed by atoms with Crippen LogP contribution in [0, 0.1) is 0 Å². The molecule has 51 heavy (non-hydrogen) atoms. The third kappa shape index (κ3) is 6.04. The second-order valence-corrected chi connectivity index (χ2v) is 12.7. The Labute approximate surface area is 296 Å². The maximum Gasteiger partial charge on any atom is 0.131 e. The van der Waals surface area contributed by atoms with Gasteiger partial charge in [-0.05, 0) is 77.9 Å². The lowest BCUT2D eigenvalue weighted by Crippen LogP contribution is -2.21. The molecule has 0 saturated heterocycles. The van der Waals surface area contributed by atoms with E-state index in [4.69, 9.17) is 14.5 Å². The van der Waals surface area contributed by atoms with Crippen molar-refractivity contribution in [2.24, 2.45) is 0 Å². The molecule has 0 radical (unpaired) electrons. The Hall–Kier alpha value is -6.79. The number of hydrogen-bond donors (Lipinski definition) is 0. The van der Waals surface area contributed by atoms with E-state index in [9.17, 15) is 0 Å². The third-order valence-corrected chi connectivity index (χ3v) is 9.19. The number of nitrogens with zero attached hydrogens (tertiary/aromatic N) is 4. The average Bonchev–Trinajstić information content (AvgIpc) is 3.77. The molecule has 0 unspecified atom stereocenters. The topological polar surface area (TPSA) is 42.8 Å². The molecule has 8 aromatic rings. The third-order valence-electron chi connectivity index (χ3n) is 9.19. The highest BCUT2D eigenvalue weighted by Crippen LogP contribution is 2.37. The van der Waals surface area contributed by atoms with E-state index in [0.717, 1.165) is 74.5 Å². The van der Waals surface area contributed by atoms with Crippen molar-refractivity contribution in [2.75, 3.05) is 18.6 Å². The van der Waals surface area contributed by atoms with Crippen LogP contribution in [0.4, 0.5) is 5.69 Å². The van der Waals surface area contributed by atoms with Gasteiger partial charge in [0.15, 0.2) is 0 Å². The van der Waals surface area contributed by atoms with Gasteiger partial charge in [0.2, 0.25) is 0 Å². The standard InChI is InChI=1S/C45H34N4O2/c1-47-23-24-48(31-47)35-28-36(49-44-19-7-5-17-41(44)42-18-6-8-20-45(42)49)30-40(29-35)51-39-16-10-12-34(26-39)43-27-33(21-22-46-43)32-11-9-15-38(25-32)50-37-13-3-2-4-14-37/h2-30H,31H2,1H3. The Morgan fingerprint density at radius 1 is 0.490 bits per heavy atom. The van der Waals surface area contributed by atoms with Gasteiger partial charge in [-0.15, -0.1) is 0 Å². The lowest BCUT2D eigenvalue weighted by Gasteiger charge is -2.21. The molecule has 2 aromatic heterocycles. The first kappa shape index (κ1) is 30.3. The van der Waals surface area contributed by atoms with Crippen LogP contribution in [-0.4, -0.2) is 28.2 Å². The number of benzene rings is 6. The predicted molar refractivity (Wildman–Crippen MR) is 207 cm³/mol. The van der Waals surface area contributed by atoms with Crippen molar-refractivity contribution >= 4 is 27.5 Å². The minimum absolute atomic E-state index is 0.734. The number of pyridine rings is 1. The van der Waals surface area contributed by atoms with Gasteiger partial charge in [-0.2, -0.15) is 0 Å². The molecule has 0 N–H and O–H groups in total. The van der Waals surface area contributed by atoms with Crippen LogP contribution < -0.4 is 14.4 Å². The van der Waals surface area contributed by atoms with E-state index < -0.39 is 0 Å². The Bertz CT molecular complexity index is 2500. The molecule has 0 amide bonds. The first-order valence-electron chi connectivity index (χ1n) is 17.0. The summed E-state index contributed by atoms with van der Waals surface area (Å²) in [4.78, 5) is 9.13. The molecule has 0 aliphatic carbocycles. The number of ether oxygens (including phenoxy) is 2. The van der Waals surface area contributed by atoms with Crippen LogP contribution in [0.15, 0.2) is 176 Å². The number of hydrogen-bond acceptors (Lipinski definition) is 5. The Balaban J connectivity index is 1.06. The zero-order valence-corrected chi connectivity index (χ0v) is 28.1. The molecule has 9 rings (SSSR count). The minimum Gasteiger partial charge on any atom is -0.457 e. The summed E-state index contributed by atoms with van der Waals surface area (Å²) in [6, 6.07) is 53.8. The predicted octanol–water partition coefficient (Wildman–Crippen LogP) is 11.3. The second kappa shape index (κ2) is 12.9. The molecule has 3 heterocycles. The summed E-state index contributed by atoms with van der Waals surface area (Å²) in [7, 11) is 2.08. The highest BCUT2D eigenvalue weighted by Gasteiger charge is 2.17. The molecule has 6 aromatic carbocycles. The molecule has 6 nitrogen and oxygen atoms in total. The van der Waals surface area contributed by atoms with Crippen molar-refractivity contribution in [3.63, 3.8) is 0 Å². The molecule has 0 bridgehead atoms. The molecule has 1 aliphatic rings. The zero-order valence-electron chi connectivity index (χ0n) is 28.1. The molecular weight excluding hydrogens is 629 g/mol. The number of fused-ring (bicyclic) bond motifs is 3. The SMILES string of the molecule is CN1C=CN(c2cc(Oc3cccc(-c4cc(-c5cccc(Oc6ccccc6)c5)ccn4)c3)cc(-n3c4ccccc4c4ccccc43)c2)C1. The summed E-state index contributed by atoms with van der Waals surface area (Å²) in [6.07, 6.45) is 6.05. The number of rotatable bonds is 8. The van der Waals surface area contributed by atoms with Crippen LogP contribution >= 0.6 is 0 Å². The van der Waals surface area contributed by atoms with Gasteiger partial charge < -0.3 is 23.8 Å². The summed E-state index contributed by atoms with van der Waals surface area (Å²) in [5, 5.41) is 2.44. The normalized spacial score (nSPS) is 12.6. The highest BCUT2D eigenvalue weighted by atomic mass is 16.5. The highest BCUT2D eigenvalue weighted by molar-refractivity contribution is 6.09. The summed E-state index contributed by atoms with van der Waals surface area (Å²) in [5.41, 5.74) is 8.32. The van der Waals surface area contributed by atoms with Crippen molar-refractivity contribution in [3.8, 4) is 51.1 Å². The van der Waals surface area contributed by atoms with E-state index in [1.165, 1.54) is 10.8 Å². The summed E-state index contributed by atoms with van der Waals surface area (Å²) >= 11 is 0. The largest absolute Gasteiger partial charge is 0.457 e. The molecular formula is C45H34N4O2.